The number of rotatable bonds is 5. The predicted molar refractivity (Wildman–Crippen MR) is 64.7 cm³/mol. The number of carboxylic acid groups (broad SMARTS) is 1. The van der Waals surface area contributed by atoms with Crippen molar-refractivity contribution in [2.45, 2.75) is 32.7 Å². The zero-order valence-corrected chi connectivity index (χ0v) is 10.1. The Kier molecular flexibility index (Phi) is 4.69. The van der Waals surface area contributed by atoms with Gasteiger partial charge >= 0.3 is 5.97 Å². The zero-order valence-electron chi connectivity index (χ0n) is 10.1. The normalized spacial score (nSPS) is 11.9. The minimum Gasteiger partial charge on any atom is -0.480 e. The van der Waals surface area contributed by atoms with Crippen molar-refractivity contribution < 1.29 is 14.7 Å². The Morgan fingerprint density at radius 2 is 2.12 bits per heavy atom. The van der Waals surface area contributed by atoms with Gasteiger partial charge in [0.15, 0.2) is 0 Å². The lowest BCUT2D eigenvalue weighted by Gasteiger charge is -2.14. The number of carbonyl (C=O) groups excluding carboxylic acids is 1. The highest BCUT2D eigenvalue weighted by Gasteiger charge is 2.19. The van der Waals surface area contributed by atoms with Crippen LogP contribution < -0.4 is 5.32 Å². The summed E-state index contributed by atoms with van der Waals surface area (Å²) in [5.74, 6) is -1.25. The van der Waals surface area contributed by atoms with Crippen molar-refractivity contribution in [2.24, 2.45) is 0 Å². The fourth-order valence-electron chi connectivity index (χ4n) is 1.57. The highest BCUT2D eigenvalue weighted by atomic mass is 16.4. The molecule has 0 fully saturated rings. The molecule has 0 spiro atoms. The van der Waals surface area contributed by atoms with E-state index in [1.807, 2.05) is 31.2 Å². The first-order valence-corrected chi connectivity index (χ1v) is 5.60. The summed E-state index contributed by atoms with van der Waals surface area (Å²) in [6.07, 6.45) is 0.598. The second-order valence-corrected chi connectivity index (χ2v) is 4.01. The van der Waals surface area contributed by atoms with Gasteiger partial charge in [-0.1, -0.05) is 36.8 Å². The summed E-state index contributed by atoms with van der Waals surface area (Å²) in [7, 11) is 0. The summed E-state index contributed by atoms with van der Waals surface area (Å²) in [4.78, 5) is 22.2. The van der Waals surface area contributed by atoms with Gasteiger partial charge in [0.2, 0.25) is 5.91 Å². The van der Waals surface area contributed by atoms with Crippen LogP contribution in [0.4, 0.5) is 0 Å². The van der Waals surface area contributed by atoms with Crippen LogP contribution >= 0.6 is 0 Å². The smallest absolute Gasteiger partial charge is 0.326 e. The van der Waals surface area contributed by atoms with Crippen molar-refractivity contribution in [1.29, 1.82) is 0 Å². The van der Waals surface area contributed by atoms with Crippen LogP contribution in [0.1, 0.15) is 24.5 Å². The Morgan fingerprint density at radius 3 is 2.65 bits per heavy atom. The molecule has 1 amide bonds. The molecule has 0 aliphatic rings. The summed E-state index contributed by atoms with van der Waals surface area (Å²) in [6.45, 7) is 3.64. The Morgan fingerprint density at radius 1 is 1.41 bits per heavy atom. The molecule has 0 bridgehead atoms. The van der Waals surface area contributed by atoms with Crippen LogP contribution in [0.2, 0.25) is 0 Å². The van der Waals surface area contributed by atoms with Crippen LogP contribution in [0.3, 0.4) is 0 Å². The van der Waals surface area contributed by atoms with Gasteiger partial charge in [-0.05, 0) is 12.5 Å². The van der Waals surface area contributed by atoms with E-state index in [-0.39, 0.29) is 12.3 Å². The van der Waals surface area contributed by atoms with E-state index in [2.05, 4.69) is 5.32 Å². The van der Waals surface area contributed by atoms with E-state index in [9.17, 15) is 9.59 Å². The van der Waals surface area contributed by atoms with E-state index < -0.39 is 12.0 Å². The molecule has 1 aromatic carbocycles. The monoisotopic (exact) mass is 235 g/mol. The lowest BCUT2D eigenvalue weighted by Crippen LogP contribution is -2.42. The third kappa shape index (κ3) is 4.26. The van der Waals surface area contributed by atoms with Crippen molar-refractivity contribution in [1.82, 2.24) is 5.32 Å². The number of amides is 1. The molecule has 0 aliphatic heterocycles. The minimum atomic E-state index is -1.01. The second kappa shape index (κ2) is 6.03. The van der Waals surface area contributed by atoms with Gasteiger partial charge in [-0.15, -0.1) is 0 Å². The molecule has 1 unspecified atom stereocenters. The fraction of sp³-hybridized carbons (Fsp3) is 0.385. The van der Waals surface area contributed by atoms with E-state index in [1.165, 1.54) is 0 Å². The maximum atomic E-state index is 11.2. The molecule has 17 heavy (non-hydrogen) atoms. The van der Waals surface area contributed by atoms with Crippen LogP contribution in [0.15, 0.2) is 24.3 Å². The SMILES string of the molecule is CCC(=O)NC(Cc1cccc(C)c1)C(=O)O. The quantitative estimate of drug-likeness (QED) is 0.813. The average molecular weight is 235 g/mol. The number of hydrogen-bond acceptors (Lipinski definition) is 2. The molecule has 1 aromatic rings. The fourth-order valence-corrected chi connectivity index (χ4v) is 1.57. The molecule has 4 heteroatoms. The molecule has 0 aromatic heterocycles. The molecule has 1 rings (SSSR count). The van der Waals surface area contributed by atoms with Gasteiger partial charge in [0.1, 0.15) is 6.04 Å². The largest absolute Gasteiger partial charge is 0.480 e. The van der Waals surface area contributed by atoms with E-state index in [4.69, 9.17) is 5.11 Å². The summed E-state index contributed by atoms with van der Waals surface area (Å²) < 4.78 is 0. The summed E-state index contributed by atoms with van der Waals surface area (Å²) >= 11 is 0. The van der Waals surface area contributed by atoms with E-state index in [1.54, 1.807) is 6.92 Å². The summed E-state index contributed by atoms with van der Waals surface area (Å²) in [6, 6.07) is 6.76. The highest BCUT2D eigenvalue weighted by molar-refractivity contribution is 5.83. The Balaban J connectivity index is 2.73. The number of carbonyl (C=O) groups is 2. The average Bonchev–Trinajstić information content (AvgIpc) is 2.27. The van der Waals surface area contributed by atoms with Gasteiger partial charge in [-0.25, -0.2) is 4.79 Å². The number of carboxylic acids is 1. The van der Waals surface area contributed by atoms with Crippen molar-refractivity contribution in [3.05, 3.63) is 35.4 Å². The number of aryl methyl sites for hydroxylation is 1. The molecule has 0 saturated heterocycles. The number of hydrogen-bond donors (Lipinski definition) is 2. The van der Waals surface area contributed by atoms with Gasteiger partial charge < -0.3 is 10.4 Å². The topological polar surface area (TPSA) is 66.4 Å². The van der Waals surface area contributed by atoms with Gasteiger partial charge in [0, 0.05) is 12.8 Å². The number of nitrogens with one attached hydrogen (secondary N) is 1. The first-order valence-electron chi connectivity index (χ1n) is 5.60. The zero-order chi connectivity index (χ0) is 12.8. The van der Waals surface area contributed by atoms with Gasteiger partial charge in [-0.3, -0.25) is 4.79 Å². The number of aliphatic carboxylic acids is 1. The van der Waals surface area contributed by atoms with Crippen molar-refractivity contribution >= 4 is 11.9 Å². The lowest BCUT2D eigenvalue weighted by molar-refractivity contribution is -0.141. The Labute approximate surface area is 101 Å². The minimum absolute atomic E-state index is 0.245. The Hall–Kier alpha value is -1.84. The highest BCUT2D eigenvalue weighted by Crippen LogP contribution is 2.07. The summed E-state index contributed by atoms with van der Waals surface area (Å²) in [5, 5.41) is 11.5. The van der Waals surface area contributed by atoms with Crippen molar-refractivity contribution in [2.75, 3.05) is 0 Å². The van der Waals surface area contributed by atoms with Gasteiger partial charge in [0.25, 0.3) is 0 Å². The predicted octanol–water partition coefficient (Wildman–Crippen LogP) is 1.52. The van der Waals surface area contributed by atoms with E-state index in [0.717, 1.165) is 11.1 Å². The van der Waals surface area contributed by atoms with Crippen molar-refractivity contribution in [3.63, 3.8) is 0 Å². The van der Waals surface area contributed by atoms with Crippen LogP contribution in [0, 0.1) is 6.92 Å². The molecular formula is C13H17NO3. The molecule has 0 aliphatic carbocycles. The molecule has 1 atom stereocenters. The second-order valence-electron chi connectivity index (χ2n) is 4.01. The molecule has 0 radical (unpaired) electrons. The lowest BCUT2D eigenvalue weighted by atomic mass is 10.0. The van der Waals surface area contributed by atoms with Gasteiger partial charge in [0.05, 0.1) is 0 Å². The van der Waals surface area contributed by atoms with Crippen LogP contribution in [0.25, 0.3) is 0 Å². The van der Waals surface area contributed by atoms with Crippen LogP contribution in [0.5, 0.6) is 0 Å². The maximum absolute atomic E-state index is 11.2. The summed E-state index contributed by atoms with van der Waals surface area (Å²) in [5.41, 5.74) is 1.99. The van der Waals surface area contributed by atoms with Crippen molar-refractivity contribution in [3.8, 4) is 0 Å². The van der Waals surface area contributed by atoms with Crippen LogP contribution in [-0.2, 0) is 16.0 Å². The standard InChI is InChI=1S/C13H17NO3/c1-3-12(15)14-11(13(16)17)8-10-6-4-5-9(2)7-10/h4-7,11H,3,8H2,1-2H3,(H,14,15)(H,16,17). The third-order valence-corrected chi connectivity index (χ3v) is 2.48. The molecule has 92 valence electrons. The first-order chi connectivity index (χ1) is 8.02. The van der Waals surface area contributed by atoms with E-state index in [0.29, 0.717) is 6.42 Å². The van der Waals surface area contributed by atoms with E-state index >= 15 is 0 Å². The van der Waals surface area contributed by atoms with Gasteiger partial charge in [-0.2, -0.15) is 0 Å². The third-order valence-electron chi connectivity index (χ3n) is 2.48. The molecule has 0 heterocycles. The first kappa shape index (κ1) is 13.2. The molecule has 0 saturated carbocycles. The molecular weight excluding hydrogens is 218 g/mol. The number of benzene rings is 1. The Bertz CT molecular complexity index is 415. The maximum Gasteiger partial charge on any atom is 0.326 e. The van der Waals surface area contributed by atoms with Crippen LogP contribution in [-0.4, -0.2) is 23.0 Å². The molecule has 4 nitrogen and oxygen atoms in total. The molecule has 2 N–H and O–H groups in total.